The minimum absolute atomic E-state index is 0.339. The lowest BCUT2D eigenvalue weighted by Crippen LogP contribution is -2.00. The van der Waals surface area contributed by atoms with Crippen LogP contribution in [0.3, 0.4) is 0 Å². The second-order valence-electron chi connectivity index (χ2n) is 3.79. The highest BCUT2D eigenvalue weighted by Crippen LogP contribution is 2.23. The lowest BCUT2D eigenvalue weighted by molar-refractivity contribution is 0.628. The molecule has 2 rings (SSSR count). The Morgan fingerprint density at radius 2 is 2.06 bits per heavy atom. The molecule has 0 aliphatic rings. The Bertz CT molecular complexity index is 605. The Kier molecular flexibility index (Phi) is 3.81. The zero-order chi connectivity index (χ0) is 13.0. The number of nitrogens with one attached hydrogen (secondary N) is 1. The van der Waals surface area contributed by atoms with Crippen LogP contribution in [0.25, 0.3) is 0 Å². The molecule has 4 heteroatoms. The van der Waals surface area contributed by atoms with Crippen molar-refractivity contribution < 1.29 is 4.39 Å². The highest BCUT2D eigenvalue weighted by atomic mass is 35.5. The largest absolute Gasteiger partial charge is 0.380 e. The zero-order valence-electron chi connectivity index (χ0n) is 9.45. The van der Waals surface area contributed by atoms with Gasteiger partial charge in [-0.15, -0.1) is 0 Å². The molecule has 0 amide bonds. The van der Waals surface area contributed by atoms with Crippen molar-refractivity contribution in [3.05, 3.63) is 64.4 Å². The van der Waals surface area contributed by atoms with E-state index in [0.29, 0.717) is 22.8 Å². The second kappa shape index (κ2) is 5.52. The van der Waals surface area contributed by atoms with Crippen LogP contribution in [0.15, 0.2) is 42.5 Å². The van der Waals surface area contributed by atoms with Gasteiger partial charge in [0.15, 0.2) is 0 Å². The molecule has 0 saturated carbocycles. The van der Waals surface area contributed by atoms with Gasteiger partial charge in [0.25, 0.3) is 0 Å². The molecular weight excluding hydrogens is 251 g/mol. The first-order valence-electron chi connectivity index (χ1n) is 5.37. The minimum Gasteiger partial charge on any atom is -0.380 e. The van der Waals surface area contributed by atoms with Gasteiger partial charge < -0.3 is 5.32 Å². The molecule has 0 aliphatic heterocycles. The fourth-order valence-corrected chi connectivity index (χ4v) is 1.82. The lowest BCUT2D eigenvalue weighted by atomic mass is 10.1. The lowest BCUT2D eigenvalue weighted by Gasteiger charge is -2.08. The van der Waals surface area contributed by atoms with Crippen molar-refractivity contribution in [2.24, 2.45) is 0 Å². The number of hydrogen-bond donors (Lipinski definition) is 1. The van der Waals surface area contributed by atoms with Crippen molar-refractivity contribution in [3.8, 4) is 6.07 Å². The summed E-state index contributed by atoms with van der Waals surface area (Å²) in [4.78, 5) is 0. The van der Waals surface area contributed by atoms with Crippen LogP contribution < -0.4 is 5.32 Å². The first-order chi connectivity index (χ1) is 8.69. The molecule has 18 heavy (non-hydrogen) atoms. The van der Waals surface area contributed by atoms with Crippen LogP contribution in [-0.4, -0.2) is 0 Å². The van der Waals surface area contributed by atoms with Crippen molar-refractivity contribution in [1.29, 1.82) is 5.26 Å². The number of benzene rings is 2. The molecule has 0 spiro atoms. The van der Waals surface area contributed by atoms with Crippen LogP contribution >= 0.6 is 11.6 Å². The monoisotopic (exact) mass is 260 g/mol. The van der Waals surface area contributed by atoms with Crippen LogP contribution in [0.4, 0.5) is 10.1 Å². The van der Waals surface area contributed by atoms with E-state index in [-0.39, 0.29) is 5.82 Å². The number of anilines is 1. The van der Waals surface area contributed by atoms with Gasteiger partial charge in [-0.05, 0) is 35.9 Å². The summed E-state index contributed by atoms with van der Waals surface area (Å²) in [6, 6.07) is 13.5. The summed E-state index contributed by atoms with van der Waals surface area (Å²) in [5.41, 5.74) is 2.24. The van der Waals surface area contributed by atoms with E-state index in [2.05, 4.69) is 11.4 Å². The zero-order valence-corrected chi connectivity index (χ0v) is 10.2. The van der Waals surface area contributed by atoms with E-state index < -0.39 is 0 Å². The van der Waals surface area contributed by atoms with E-state index in [4.69, 9.17) is 16.9 Å². The molecule has 0 atom stereocenters. The Hall–Kier alpha value is -2.05. The highest BCUT2D eigenvalue weighted by molar-refractivity contribution is 6.33. The maximum atomic E-state index is 12.9. The predicted molar refractivity (Wildman–Crippen MR) is 69.9 cm³/mol. The molecule has 0 heterocycles. The topological polar surface area (TPSA) is 35.8 Å². The number of nitriles is 1. The Morgan fingerprint density at radius 3 is 2.78 bits per heavy atom. The number of halogens is 2. The van der Waals surface area contributed by atoms with Gasteiger partial charge in [0.2, 0.25) is 0 Å². The first kappa shape index (κ1) is 12.4. The average Bonchev–Trinajstić information content (AvgIpc) is 2.38. The quantitative estimate of drug-likeness (QED) is 0.907. The van der Waals surface area contributed by atoms with Crippen LogP contribution in [0.2, 0.25) is 5.02 Å². The Morgan fingerprint density at radius 1 is 1.22 bits per heavy atom. The first-order valence-corrected chi connectivity index (χ1v) is 5.75. The molecule has 2 aromatic rings. The molecule has 0 unspecified atom stereocenters. The van der Waals surface area contributed by atoms with Crippen molar-refractivity contribution in [3.63, 3.8) is 0 Å². The van der Waals surface area contributed by atoms with Gasteiger partial charge in [-0.25, -0.2) is 4.39 Å². The molecule has 0 fully saturated rings. The standard InChI is InChI=1S/C14H10ClFN2/c15-13-7-12(16)4-5-14(13)18-9-11-3-1-2-10(6-11)8-17/h1-7,18H,9H2. The van der Waals surface area contributed by atoms with E-state index >= 15 is 0 Å². The van der Waals surface area contributed by atoms with E-state index in [1.54, 1.807) is 18.2 Å². The third-order valence-corrected chi connectivity index (χ3v) is 2.78. The van der Waals surface area contributed by atoms with Crippen molar-refractivity contribution in [2.45, 2.75) is 6.54 Å². The summed E-state index contributed by atoms with van der Waals surface area (Å²) in [5, 5.41) is 12.2. The molecule has 0 bridgehead atoms. The summed E-state index contributed by atoms with van der Waals surface area (Å²) < 4.78 is 12.9. The molecule has 2 nitrogen and oxygen atoms in total. The van der Waals surface area contributed by atoms with Gasteiger partial charge in [-0.2, -0.15) is 5.26 Å². The Balaban J connectivity index is 2.09. The fraction of sp³-hybridized carbons (Fsp3) is 0.0714. The maximum absolute atomic E-state index is 12.9. The molecular formula is C14H10ClFN2. The van der Waals surface area contributed by atoms with E-state index in [0.717, 1.165) is 5.56 Å². The fourth-order valence-electron chi connectivity index (χ4n) is 1.58. The molecule has 0 saturated heterocycles. The second-order valence-corrected chi connectivity index (χ2v) is 4.20. The van der Waals surface area contributed by atoms with Crippen LogP contribution in [0.1, 0.15) is 11.1 Å². The molecule has 90 valence electrons. The van der Waals surface area contributed by atoms with Gasteiger partial charge >= 0.3 is 0 Å². The van der Waals surface area contributed by atoms with Crippen molar-refractivity contribution in [2.75, 3.05) is 5.32 Å². The summed E-state index contributed by atoms with van der Waals surface area (Å²) in [7, 11) is 0. The Labute approximate surface area is 110 Å². The molecule has 0 radical (unpaired) electrons. The average molecular weight is 261 g/mol. The molecule has 0 aromatic heterocycles. The third-order valence-electron chi connectivity index (χ3n) is 2.47. The van der Waals surface area contributed by atoms with Crippen LogP contribution in [0, 0.1) is 17.1 Å². The van der Waals surface area contributed by atoms with Gasteiger partial charge in [-0.1, -0.05) is 23.7 Å². The van der Waals surface area contributed by atoms with Crippen molar-refractivity contribution in [1.82, 2.24) is 0 Å². The molecule has 1 N–H and O–H groups in total. The summed E-state index contributed by atoms with van der Waals surface area (Å²) >= 11 is 5.90. The molecule has 0 aliphatic carbocycles. The summed E-state index contributed by atoms with van der Waals surface area (Å²) in [6.07, 6.45) is 0. The maximum Gasteiger partial charge on any atom is 0.124 e. The van der Waals surface area contributed by atoms with E-state index in [9.17, 15) is 4.39 Å². The summed E-state index contributed by atoms with van der Waals surface area (Å²) in [5.74, 6) is -0.364. The third kappa shape index (κ3) is 2.99. The SMILES string of the molecule is N#Cc1cccc(CNc2ccc(F)cc2Cl)c1. The van der Waals surface area contributed by atoms with Crippen LogP contribution in [-0.2, 0) is 6.54 Å². The van der Waals surface area contributed by atoms with Crippen molar-refractivity contribution >= 4 is 17.3 Å². The molecule has 2 aromatic carbocycles. The number of nitrogens with zero attached hydrogens (tertiary/aromatic N) is 1. The normalized spacial score (nSPS) is 9.83. The van der Waals surface area contributed by atoms with Gasteiger partial charge in [0.05, 0.1) is 22.3 Å². The highest BCUT2D eigenvalue weighted by Gasteiger charge is 2.02. The predicted octanol–water partition coefficient (Wildman–Crippen LogP) is 3.96. The van der Waals surface area contributed by atoms with Gasteiger partial charge in [0, 0.05) is 6.54 Å². The van der Waals surface area contributed by atoms with E-state index in [1.165, 1.54) is 12.1 Å². The summed E-state index contributed by atoms with van der Waals surface area (Å²) in [6.45, 7) is 0.529. The van der Waals surface area contributed by atoms with Gasteiger partial charge in [0.1, 0.15) is 5.82 Å². The number of hydrogen-bond acceptors (Lipinski definition) is 2. The number of rotatable bonds is 3. The van der Waals surface area contributed by atoms with Crippen LogP contribution in [0.5, 0.6) is 0 Å². The van der Waals surface area contributed by atoms with Gasteiger partial charge in [-0.3, -0.25) is 0 Å². The smallest absolute Gasteiger partial charge is 0.124 e. The minimum atomic E-state index is -0.364. The van der Waals surface area contributed by atoms with E-state index in [1.807, 2.05) is 12.1 Å².